The van der Waals surface area contributed by atoms with Crippen molar-refractivity contribution in [3.05, 3.63) is 52.8 Å². The first-order valence-electron chi connectivity index (χ1n) is 7.04. The Labute approximate surface area is 119 Å². The van der Waals surface area contributed by atoms with E-state index in [9.17, 15) is 4.79 Å². The molecule has 20 heavy (non-hydrogen) atoms. The van der Waals surface area contributed by atoms with Crippen molar-refractivity contribution in [2.24, 2.45) is 0 Å². The molecule has 0 saturated carbocycles. The number of nitrogens with zero attached hydrogens (tertiary/aromatic N) is 2. The fourth-order valence-electron chi connectivity index (χ4n) is 2.06. The lowest BCUT2D eigenvalue weighted by molar-refractivity contribution is 0.0951. The highest BCUT2D eigenvalue weighted by Crippen LogP contribution is 2.08. The van der Waals surface area contributed by atoms with Gasteiger partial charge in [-0.15, -0.1) is 0 Å². The van der Waals surface area contributed by atoms with E-state index >= 15 is 0 Å². The molecule has 0 aliphatic heterocycles. The summed E-state index contributed by atoms with van der Waals surface area (Å²) in [4.78, 5) is 12.1. The third-order valence-electron chi connectivity index (χ3n) is 3.44. The maximum absolute atomic E-state index is 12.1. The predicted octanol–water partition coefficient (Wildman–Crippen LogP) is 2.70. The number of hydrogen-bond donors (Lipinski definition) is 1. The maximum atomic E-state index is 12.1. The largest absolute Gasteiger partial charge is 0.348 e. The van der Waals surface area contributed by atoms with E-state index in [1.54, 1.807) is 0 Å². The van der Waals surface area contributed by atoms with Crippen molar-refractivity contribution in [2.75, 3.05) is 0 Å². The number of hydrogen-bond acceptors (Lipinski definition) is 2. The summed E-state index contributed by atoms with van der Waals surface area (Å²) in [5.41, 5.74) is 3.96. The first-order valence-corrected chi connectivity index (χ1v) is 7.04. The number of carbonyl (C=O) groups is 1. The van der Waals surface area contributed by atoms with Crippen LogP contribution in [0, 0.1) is 6.92 Å². The molecule has 0 radical (unpaired) electrons. The van der Waals surface area contributed by atoms with Crippen LogP contribution in [0.3, 0.4) is 0 Å². The number of carbonyl (C=O) groups excluding carboxylic acids is 1. The van der Waals surface area contributed by atoms with Gasteiger partial charge < -0.3 is 5.32 Å². The summed E-state index contributed by atoms with van der Waals surface area (Å²) in [5, 5.41) is 7.31. The molecular formula is C16H21N3O. The fraction of sp³-hybridized carbons (Fsp3) is 0.375. The van der Waals surface area contributed by atoms with Gasteiger partial charge >= 0.3 is 0 Å². The normalized spacial score (nSPS) is 10.6. The van der Waals surface area contributed by atoms with E-state index in [1.807, 2.05) is 49.0 Å². The standard InChI is InChI=1S/C16H21N3O/c1-4-13-6-8-14(9-7-13)16(20)17-10-15-11-19(5-2)18-12(15)3/h6-9,11H,4-5,10H2,1-3H3,(H,17,20). The van der Waals surface area contributed by atoms with Crippen molar-refractivity contribution < 1.29 is 4.79 Å². The summed E-state index contributed by atoms with van der Waals surface area (Å²) in [6.45, 7) is 7.46. The minimum atomic E-state index is -0.0451. The minimum absolute atomic E-state index is 0.0451. The Morgan fingerprint density at radius 2 is 1.95 bits per heavy atom. The Bertz CT molecular complexity index is 584. The number of aryl methyl sites for hydroxylation is 3. The van der Waals surface area contributed by atoms with Gasteiger partial charge in [0.1, 0.15) is 0 Å². The molecule has 1 N–H and O–H groups in total. The Balaban J connectivity index is 1.98. The number of rotatable bonds is 5. The van der Waals surface area contributed by atoms with Crippen LogP contribution in [0.4, 0.5) is 0 Å². The fourth-order valence-corrected chi connectivity index (χ4v) is 2.06. The number of nitrogens with one attached hydrogen (secondary N) is 1. The summed E-state index contributed by atoms with van der Waals surface area (Å²) in [6, 6.07) is 7.73. The van der Waals surface area contributed by atoms with E-state index in [2.05, 4.69) is 17.3 Å². The van der Waals surface area contributed by atoms with Crippen LogP contribution in [-0.2, 0) is 19.5 Å². The van der Waals surface area contributed by atoms with Crippen LogP contribution in [0.1, 0.15) is 41.0 Å². The van der Waals surface area contributed by atoms with Crippen LogP contribution >= 0.6 is 0 Å². The van der Waals surface area contributed by atoms with Gasteiger partial charge in [-0.05, 0) is 38.0 Å². The highest BCUT2D eigenvalue weighted by atomic mass is 16.1. The Kier molecular flexibility index (Phi) is 4.56. The highest BCUT2D eigenvalue weighted by molar-refractivity contribution is 5.94. The second-order valence-corrected chi connectivity index (χ2v) is 4.83. The van der Waals surface area contributed by atoms with Crippen molar-refractivity contribution >= 4 is 5.91 Å². The first-order chi connectivity index (χ1) is 9.63. The van der Waals surface area contributed by atoms with Crippen LogP contribution < -0.4 is 5.32 Å². The van der Waals surface area contributed by atoms with Gasteiger partial charge in [0.05, 0.1) is 5.69 Å². The molecule has 0 atom stereocenters. The van der Waals surface area contributed by atoms with Crippen molar-refractivity contribution in [2.45, 2.75) is 40.3 Å². The zero-order valence-electron chi connectivity index (χ0n) is 12.3. The van der Waals surface area contributed by atoms with Gasteiger partial charge in [0, 0.05) is 30.4 Å². The van der Waals surface area contributed by atoms with Crippen LogP contribution in [0.15, 0.2) is 30.5 Å². The smallest absolute Gasteiger partial charge is 0.251 e. The highest BCUT2D eigenvalue weighted by Gasteiger charge is 2.08. The van der Waals surface area contributed by atoms with E-state index < -0.39 is 0 Å². The van der Waals surface area contributed by atoms with E-state index in [-0.39, 0.29) is 5.91 Å². The second-order valence-electron chi connectivity index (χ2n) is 4.83. The number of aromatic nitrogens is 2. The molecule has 0 spiro atoms. The average Bonchev–Trinajstić information content (AvgIpc) is 2.85. The first kappa shape index (κ1) is 14.3. The number of benzene rings is 1. The van der Waals surface area contributed by atoms with Gasteiger partial charge in [0.2, 0.25) is 0 Å². The molecule has 1 aromatic carbocycles. The molecular weight excluding hydrogens is 250 g/mol. The van der Waals surface area contributed by atoms with Gasteiger partial charge in [-0.2, -0.15) is 5.10 Å². The van der Waals surface area contributed by atoms with Crippen molar-refractivity contribution in [3.63, 3.8) is 0 Å². The molecule has 4 heteroatoms. The average molecular weight is 271 g/mol. The zero-order valence-corrected chi connectivity index (χ0v) is 12.3. The molecule has 0 bridgehead atoms. The molecule has 4 nitrogen and oxygen atoms in total. The van der Waals surface area contributed by atoms with Gasteiger partial charge in [-0.3, -0.25) is 9.48 Å². The molecule has 1 aromatic heterocycles. The molecule has 0 saturated heterocycles. The summed E-state index contributed by atoms with van der Waals surface area (Å²) < 4.78 is 1.88. The quantitative estimate of drug-likeness (QED) is 0.909. The van der Waals surface area contributed by atoms with Crippen LogP contribution in [-0.4, -0.2) is 15.7 Å². The summed E-state index contributed by atoms with van der Waals surface area (Å²) in [6.07, 6.45) is 2.97. The Morgan fingerprint density at radius 1 is 1.25 bits per heavy atom. The molecule has 1 amide bonds. The zero-order chi connectivity index (χ0) is 14.5. The van der Waals surface area contributed by atoms with Gasteiger partial charge in [-0.1, -0.05) is 19.1 Å². The predicted molar refractivity (Wildman–Crippen MR) is 79.6 cm³/mol. The molecule has 0 aliphatic carbocycles. The van der Waals surface area contributed by atoms with E-state index in [4.69, 9.17) is 0 Å². The molecule has 0 aliphatic rings. The molecule has 2 aromatic rings. The van der Waals surface area contributed by atoms with Crippen LogP contribution in [0.2, 0.25) is 0 Å². The molecule has 0 fully saturated rings. The number of amides is 1. The van der Waals surface area contributed by atoms with Gasteiger partial charge in [0.15, 0.2) is 0 Å². The van der Waals surface area contributed by atoms with E-state index in [0.717, 1.165) is 24.2 Å². The molecule has 106 valence electrons. The van der Waals surface area contributed by atoms with E-state index in [1.165, 1.54) is 5.56 Å². The summed E-state index contributed by atoms with van der Waals surface area (Å²) in [5.74, 6) is -0.0451. The topological polar surface area (TPSA) is 46.9 Å². The van der Waals surface area contributed by atoms with Crippen LogP contribution in [0.5, 0.6) is 0 Å². The maximum Gasteiger partial charge on any atom is 0.251 e. The lowest BCUT2D eigenvalue weighted by atomic mass is 10.1. The summed E-state index contributed by atoms with van der Waals surface area (Å²) >= 11 is 0. The van der Waals surface area contributed by atoms with Crippen LogP contribution in [0.25, 0.3) is 0 Å². The third kappa shape index (κ3) is 3.26. The molecule has 2 rings (SSSR count). The second kappa shape index (κ2) is 6.37. The minimum Gasteiger partial charge on any atom is -0.348 e. The Hall–Kier alpha value is -2.10. The molecule has 0 unspecified atom stereocenters. The Morgan fingerprint density at radius 3 is 2.50 bits per heavy atom. The third-order valence-corrected chi connectivity index (χ3v) is 3.44. The van der Waals surface area contributed by atoms with Crippen molar-refractivity contribution in [3.8, 4) is 0 Å². The van der Waals surface area contributed by atoms with Crippen molar-refractivity contribution in [1.29, 1.82) is 0 Å². The van der Waals surface area contributed by atoms with Gasteiger partial charge in [-0.25, -0.2) is 0 Å². The SMILES string of the molecule is CCc1ccc(C(=O)NCc2cn(CC)nc2C)cc1. The molecule has 1 heterocycles. The monoisotopic (exact) mass is 271 g/mol. The summed E-state index contributed by atoms with van der Waals surface area (Å²) in [7, 11) is 0. The van der Waals surface area contributed by atoms with Crippen molar-refractivity contribution in [1.82, 2.24) is 15.1 Å². The van der Waals surface area contributed by atoms with Gasteiger partial charge in [0.25, 0.3) is 5.91 Å². The van der Waals surface area contributed by atoms with E-state index in [0.29, 0.717) is 12.1 Å². The lowest BCUT2D eigenvalue weighted by Crippen LogP contribution is -2.22. The lowest BCUT2D eigenvalue weighted by Gasteiger charge is -2.05.